The number of benzene rings is 1. The van der Waals surface area contributed by atoms with Gasteiger partial charge in [0.2, 0.25) is 6.29 Å². The molecule has 1 aromatic carbocycles. The Hall–Kier alpha value is -3.79. The van der Waals surface area contributed by atoms with Gasteiger partial charge in [-0.2, -0.15) is 0 Å². The van der Waals surface area contributed by atoms with Crippen LogP contribution in [0.2, 0.25) is 0 Å². The van der Waals surface area contributed by atoms with Crippen molar-refractivity contribution in [3.05, 3.63) is 59.4 Å². The molecule has 0 aliphatic carbocycles. The highest BCUT2D eigenvalue weighted by Crippen LogP contribution is 2.35. The first kappa shape index (κ1) is 29.8. The third-order valence-electron chi connectivity index (χ3n) is 5.95. The number of carbonyl (C=O) groups is 3. The first-order valence-corrected chi connectivity index (χ1v) is 11.6. The molecule has 2 aliphatic rings. The largest absolute Gasteiger partial charge is 0.508 e. The first-order chi connectivity index (χ1) is 18.5. The molecule has 0 aromatic heterocycles. The number of ether oxygens (including phenoxy) is 4. The maximum atomic E-state index is 12.2. The SMILES string of the molecule is O=C(O)C[C@H]1C(C(=O)O)=CO[C@@H](O[C@H]2O[C@@H](CO)[C@@H](O)[C@@H](O)[C@H]2O)/C1=C\COC(=O)/C=C/c1ccc(O)cc1. The zero-order valence-electron chi connectivity index (χ0n) is 20.3. The Morgan fingerprint density at radius 2 is 1.69 bits per heavy atom. The minimum absolute atomic E-state index is 0.0437. The number of carbonyl (C=O) groups excluding carboxylic acids is 1. The van der Waals surface area contributed by atoms with Crippen molar-refractivity contribution in [2.75, 3.05) is 13.2 Å². The lowest BCUT2D eigenvalue weighted by Crippen LogP contribution is -2.60. The van der Waals surface area contributed by atoms with Crippen LogP contribution in [0.4, 0.5) is 0 Å². The summed E-state index contributed by atoms with van der Waals surface area (Å²) in [5.41, 5.74) is 0.0648. The number of aliphatic hydroxyl groups is 4. The molecule has 3 rings (SSSR count). The standard InChI is InChI=1S/C25H28O14/c26-10-17-20(31)21(32)22(33)25(38-17)39-24-14(15(9-18(28)29)16(11-37-24)23(34)35)7-8-36-19(30)6-3-12-1-4-13(27)5-2-12/h1-7,11,15,17,20-22,24-27,31-33H,8-10H2,(H,28,29)(H,34,35)/b6-3+,14-7-/t15-,17+,20-,21-,22-,24+,25-/m1/s1. The van der Waals surface area contributed by atoms with Gasteiger partial charge < -0.3 is 54.7 Å². The van der Waals surface area contributed by atoms with Crippen LogP contribution in [0.15, 0.2) is 53.8 Å². The van der Waals surface area contributed by atoms with Crippen LogP contribution in [-0.4, -0.2) is 104 Å². The van der Waals surface area contributed by atoms with Crippen LogP contribution < -0.4 is 0 Å². The zero-order chi connectivity index (χ0) is 28.7. The van der Waals surface area contributed by atoms with Crippen molar-refractivity contribution < 1.29 is 69.1 Å². The molecule has 1 fully saturated rings. The number of hydrogen-bond acceptors (Lipinski definition) is 12. The highest BCUT2D eigenvalue weighted by atomic mass is 16.8. The molecule has 212 valence electrons. The summed E-state index contributed by atoms with van der Waals surface area (Å²) < 4.78 is 21.3. The molecule has 1 saturated heterocycles. The van der Waals surface area contributed by atoms with E-state index in [0.29, 0.717) is 5.56 Å². The van der Waals surface area contributed by atoms with Crippen molar-refractivity contribution in [2.24, 2.45) is 5.92 Å². The highest BCUT2D eigenvalue weighted by molar-refractivity contribution is 5.89. The molecule has 2 heterocycles. The normalized spacial score (nSPS) is 30.0. The predicted molar refractivity (Wildman–Crippen MR) is 127 cm³/mol. The number of aliphatic carboxylic acids is 2. The molecule has 0 bridgehead atoms. The average Bonchev–Trinajstić information content (AvgIpc) is 2.89. The number of esters is 1. The molecule has 0 saturated carbocycles. The van der Waals surface area contributed by atoms with Crippen molar-refractivity contribution >= 4 is 24.0 Å². The summed E-state index contributed by atoms with van der Waals surface area (Å²) in [5, 5.41) is 67.9. The van der Waals surface area contributed by atoms with Crippen molar-refractivity contribution in [3.8, 4) is 5.75 Å². The van der Waals surface area contributed by atoms with Gasteiger partial charge in [0.15, 0.2) is 6.29 Å². The molecule has 7 atom stereocenters. The fourth-order valence-corrected chi connectivity index (χ4v) is 3.91. The van der Waals surface area contributed by atoms with E-state index in [9.17, 15) is 50.1 Å². The van der Waals surface area contributed by atoms with Crippen LogP contribution in [-0.2, 0) is 33.3 Å². The monoisotopic (exact) mass is 552 g/mol. The van der Waals surface area contributed by atoms with Crippen LogP contribution in [0, 0.1) is 5.92 Å². The second-order valence-corrected chi connectivity index (χ2v) is 8.59. The fraction of sp³-hybridized carbons (Fsp3) is 0.400. The van der Waals surface area contributed by atoms with Crippen molar-refractivity contribution in [3.63, 3.8) is 0 Å². The van der Waals surface area contributed by atoms with Gasteiger partial charge in [0, 0.05) is 17.6 Å². The molecule has 0 amide bonds. The molecule has 0 spiro atoms. The number of carboxylic acids is 2. The van der Waals surface area contributed by atoms with Crippen molar-refractivity contribution in [1.29, 1.82) is 0 Å². The van der Waals surface area contributed by atoms with Gasteiger partial charge in [-0.05, 0) is 29.8 Å². The number of aliphatic hydroxyl groups excluding tert-OH is 4. The van der Waals surface area contributed by atoms with Gasteiger partial charge in [0.25, 0.3) is 0 Å². The topological polar surface area (TPSA) is 230 Å². The van der Waals surface area contributed by atoms with Crippen LogP contribution in [0.1, 0.15) is 12.0 Å². The van der Waals surface area contributed by atoms with E-state index in [1.165, 1.54) is 24.3 Å². The van der Waals surface area contributed by atoms with Crippen LogP contribution in [0.25, 0.3) is 6.08 Å². The summed E-state index contributed by atoms with van der Waals surface area (Å²) in [6.45, 7) is -1.20. The van der Waals surface area contributed by atoms with Gasteiger partial charge in [-0.15, -0.1) is 0 Å². The van der Waals surface area contributed by atoms with Gasteiger partial charge in [-0.25, -0.2) is 9.59 Å². The molecule has 39 heavy (non-hydrogen) atoms. The van der Waals surface area contributed by atoms with Crippen LogP contribution >= 0.6 is 0 Å². The molecule has 2 aliphatic heterocycles. The first-order valence-electron chi connectivity index (χ1n) is 11.6. The van der Waals surface area contributed by atoms with E-state index >= 15 is 0 Å². The molecule has 14 nitrogen and oxygen atoms in total. The second kappa shape index (κ2) is 13.3. The molecule has 0 unspecified atom stereocenters. The van der Waals surface area contributed by atoms with Crippen molar-refractivity contribution in [1.82, 2.24) is 0 Å². The summed E-state index contributed by atoms with van der Waals surface area (Å²) in [6, 6.07) is 5.95. The van der Waals surface area contributed by atoms with Crippen LogP contribution in [0.5, 0.6) is 5.75 Å². The Bertz CT molecular complexity index is 1120. The Morgan fingerprint density at radius 1 is 1.00 bits per heavy atom. The lowest BCUT2D eigenvalue weighted by atomic mass is 9.86. The van der Waals surface area contributed by atoms with E-state index in [0.717, 1.165) is 12.3 Å². The molecular formula is C25H28O14. The quantitative estimate of drug-likeness (QED) is 0.106. The van der Waals surface area contributed by atoms with Gasteiger partial charge in [-0.3, -0.25) is 4.79 Å². The smallest absolute Gasteiger partial charge is 0.335 e. The van der Waals surface area contributed by atoms with Gasteiger partial charge >= 0.3 is 17.9 Å². The summed E-state index contributed by atoms with van der Waals surface area (Å²) in [6.07, 6.45) is -6.07. The van der Waals surface area contributed by atoms with Gasteiger partial charge in [0.05, 0.1) is 24.9 Å². The molecule has 14 heteroatoms. The van der Waals surface area contributed by atoms with Crippen LogP contribution in [0.3, 0.4) is 0 Å². The third kappa shape index (κ3) is 7.63. The second-order valence-electron chi connectivity index (χ2n) is 8.59. The Morgan fingerprint density at radius 3 is 2.31 bits per heavy atom. The molecule has 7 N–H and O–H groups in total. The van der Waals surface area contributed by atoms with Gasteiger partial charge in [-0.1, -0.05) is 12.1 Å². The minimum atomic E-state index is -1.82. The number of phenols is 1. The highest BCUT2D eigenvalue weighted by Gasteiger charge is 2.46. The number of aromatic hydroxyl groups is 1. The fourth-order valence-electron chi connectivity index (χ4n) is 3.91. The molecule has 0 radical (unpaired) electrons. The Balaban J connectivity index is 1.81. The number of phenolic OH excluding ortho intramolecular Hbond substituents is 1. The maximum Gasteiger partial charge on any atom is 0.335 e. The number of rotatable bonds is 10. The third-order valence-corrected chi connectivity index (χ3v) is 5.95. The minimum Gasteiger partial charge on any atom is -0.508 e. The average molecular weight is 552 g/mol. The van der Waals surface area contributed by atoms with Gasteiger partial charge in [0.1, 0.15) is 36.8 Å². The number of carboxylic acid groups (broad SMARTS) is 2. The summed E-state index contributed by atoms with van der Waals surface area (Å²) in [7, 11) is 0. The van der Waals surface area contributed by atoms with E-state index in [1.807, 2.05) is 0 Å². The molecule has 1 aromatic rings. The van der Waals surface area contributed by atoms with E-state index in [2.05, 4.69) is 0 Å². The van der Waals surface area contributed by atoms with E-state index < -0.39 is 86.0 Å². The molecular weight excluding hydrogens is 524 g/mol. The Kier molecular flexibility index (Phi) is 10.2. The lowest BCUT2D eigenvalue weighted by molar-refractivity contribution is -0.327. The van der Waals surface area contributed by atoms with E-state index in [1.54, 1.807) is 12.1 Å². The predicted octanol–water partition coefficient (Wildman–Crippen LogP) is -0.893. The Labute approximate surface area is 221 Å². The van der Waals surface area contributed by atoms with E-state index in [-0.39, 0.29) is 11.3 Å². The summed E-state index contributed by atoms with van der Waals surface area (Å²) >= 11 is 0. The zero-order valence-corrected chi connectivity index (χ0v) is 20.3. The van der Waals surface area contributed by atoms with E-state index in [4.69, 9.17) is 18.9 Å². The summed E-state index contributed by atoms with van der Waals surface area (Å²) in [5.74, 6) is -4.91. The lowest BCUT2D eigenvalue weighted by Gasteiger charge is -2.41. The van der Waals surface area contributed by atoms with Crippen molar-refractivity contribution in [2.45, 2.75) is 43.4 Å². The number of hydrogen-bond donors (Lipinski definition) is 7. The maximum absolute atomic E-state index is 12.2. The summed E-state index contributed by atoms with van der Waals surface area (Å²) in [4.78, 5) is 35.4.